The molecule has 112 valence electrons. The molecule has 21 heavy (non-hydrogen) atoms. The summed E-state index contributed by atoms with van der Waals surface area (Å²) in [4.78, 5) is 9.84. The van der Waals surface area contributed by atoms with Crippen LogP contribution in [0.2, 0.25) is 0 Å². The van der Waals surface area contributed by atoms with Gasteiger partial charge in [0.05, 0.1) is 23.7 Å². The molecule has 1 saturated carbocycles. The maximum Gasteiger partial charge on any atom is 0.272 e. The van der Waals surface area contributed by atoms with Crippen molar-refractivity contribution >= 4 is 5.69 Å². The van der Waals surface area contributed by atoms with E-state index in [9.17, 15) is 19.8 Å². The van der Waals surface area contributed by atoms with Crippen LogP contribution in [0.25, 0.3) is 0 Å². The van der Waals surface area contributed by atoms with Gasteiger partial charge in [-0.2, -0.15) is 5.26 Å². The summed E-state index contributed by atoms with van der Waals surface area (Å²) in [6.07, 6.45) is 2.53. The molecule has 1 aromatic carbocycles. The minimum Gasteiger partial charge on any atom is -0.490 e. The summed E-state index contributed by atoms with van der Waals surface area (Å²) in [5, 5.41) is 22.9. The van der Waals surface area contributed by atoms with Gasteiger partial charge >= 0.3 is 0 Å². The molecule has 0 amide bonds. The van der Waals surface area contributed by atoms with Gasteiger partial charge in [-0.25, -0.2) is 4.39 Å². The maximum absolute atomic E-state index is 13.6. The van der Waals surface area contributed by atoms with Gasteiger partial charge in [0.25, 0.3) is 5.69 Å². The number of non-ortho nitro benzene ring substituents is 1. The molecule has 1 aromatic rings. The standard InChI is InChI=1S/C14H16FN3O3/c1-14(9-16,17-10-2-3-10)6-7-21-13-5-4-11(18(19)20)8-12(13)15/h4-5,8,10,17H,2-3,6-7H2,1H3. The van der Waals surface area contributed by atoms with E-state index in [1.807, 2.05) is 0 Å². The summed E-state index contributed by atoms with van der Waals surface area (Å²) in [6.45, 7) is 1.93. The molecule has 1 N–H and O–H groups in total. The Bertz CT molecular complexity index is 583. The molecule has 1 unspecified atom stereocenters. The molecular formula is C14H16FN3O3. The lowest BCUT2D eigenvalue weighted by molar-refractivity contribution is -0.385. The Hall–Kier alpha value is -2.20. The molecule has 1 aliphatic carbocycles. The summed E-state index contributed by atoms with van der Waals surface area (Å²) >= 11 is 0. The Morgan fingerprint density at radius 1 is 1.62 bits per heavy atom. The summed E-state index contributed by atoms with van der Waals surface area (Å²) in [6, 6.07) is 5.81. The molecular weight excluding hydrogens is 277 g/mol. The number of nitrogens with zero attached hydrogens (tertiary/aromatic N) is 2. The van der Waals surface area contributed by atoms with Crippen molar-refractivity contribution in [3.8, 4) is 11.8 Å². The van der Waals surface area contributed by atoms with Crippen molar-refractivity contribution < 1.29 is 14.1 Å². The Labute approximate surface area is 121 Å². The molecule has 0 aromatic heterocycles. The van der Waals surface area contributed by atoms with Crippen molar-refractivity contribution in [2.45, 2.75) is 37.8 Å². The van der Waals surface area contributed by atoms with Gasteiger partial charge in [0.1, 0.15) is 5.54 Å². The fraction of sp³-hybridized carbons (Fsp3) is 0.500. The molecule has 1 fully saturated rings. The van der Waals surface area contributed by atoms with Crippen LogP contribution < -0.4 is 10.1 Å². The lowest BCUT2D eigenvalue weighted by Crippen LogP contribution is -2.43. The molecule has 0 aliphatic heterocycles. The van der Waals surface area contributed by atoms with Crippen LogP contribution in [0.5, 0.6) is 5.75 Å². The smallest absolute Gasteiger partial charge is 0.272 e. The molecule has 0 spiro atoms. The van der Waals surface area contributed by atoms with Crippen molar-refractivity contribution in [2.75, 3.05) is 6.61 Å². The number of nitriles is 1. The molecule has 1 atom stereocenters. The minimum absolute atomic E-state index is 0.0488. The number of nitro benzene ring substituents is 1. The number of nitro groups is 1. The van der Waals surface area contributed by atoms with E-state index >= 15 is 0 Å². The molecule has 0 bridgehead atoms. The van der Waals surface area contributed by atoms with Crippen LogP contribution in [0.3, 0.4) is 0 Å². The summed E-state index contributed by atoms with van der Waals surface area (Å²) in [7, 11) is 0. The van der Waals surface area contributed by atoms with Gasteiger partial charge in [0.2, 0.25) is 0 Å². The number of nitrogens with one attached hydrogen (secondary N) is 1. The Kier molecular flexibility index (Phi) is 4.38. The van der Waals surface area contributed by atoms with E-state index in [0.29, 0.717) is 12.5 Å². The number of hydrogen-bond acceptors (Lipinski definition) is 5. The van der Waals surface area contributed by atoms with Gasteiger partial charge < -0.3 is 4.74 Å². The molecule has 1 aliphatic rings. The lowest BCUT2D eigenvalue weighted by Gasteiger charge is -2.23. The van der Waals surface area contributed by atoms with E-state index in [-0.39, 0.29) is 18.0 Å². The van der Waals surface area contributed by atoms with Crippen LogP contribution in [0.4, 0.5) is 10.1 Å². The first kappa shape index (κ1) is 15.2. The van der Waals surface area contributed by atoms with Crippen molar-refractivity contribution in [2.24, 2.45) is 0 Å². The first-order valence-electron chi connectivity index (χ1n) is 6.69. The van der Waals surface area contributed by atoms with E-state index in [0.717, 1.165) is 18.9 Å². The predicted molar refractivity (Wildman–Crippen MR) is 73.3 cm³/mol. The number of rotatable bonds is 7. The van der Waals surface area contributed by atoms with Gasteiger partial charge in [-0.05, 0) is 25.8 Å². The van der Waals surface area contributed by atoms with E-state index in [2.05, 4.69) is 11.4 Å². The second kappa shape index (κ2) is 6.06. The van der Waals surface area contributed by atoms with Crippen molar-refractivity contribution in [3.63, 3.8) is 0 Å². The molecule has 0 radical (unpaired) electrons. The zero-order chi connectivity index (χ0) is 15.5. The molecule has 7 heteroatoms. The van der Waals surface area contributed by atoms with E-state index < -0.39 is 16.3 Å². The average Bonchev–Trinajstić information content (AvgIpc) is 3.24. The van der Waals surface area contributed by atoms with Gasteiger partial charge in [-0.1, -0.05) is 0 Å². The fourth-order valence-electron chi connectivity index (χ4n) is 1.92. The van der Waals surface area contributed by atoms with Gasteiger partial charge in [0, 0.05) is 18.5 Å². The van der Waals surface area contributed by atoms with E-state index in [1.165, 1.54) is 12.1 Å². The minimum atomic E-state index is -0.780. The van der Waals surface area contributed by atoms with Gasteiger partial charge in [0.15, 0.2) is 11.6 Å². The number of benzene rings is 1. The van der Waals surface area contributed by atoms with Gasteiger partial charge in [-0.3, -0.25) is 15.4 Å². The second-order valence-corrected chi connectivity index (χ2v) is 5.33. The van der Waals surface area contributed by atoms with Crippen LogP contribution in [0, 0.1) is 27.3 Å². The van der Waals surface area contributed by atoms with Crippen LogP contribution in [0.15, 0.2) is 18.2 Å². The quantitative estimate of drug-likeness (QED) is 0.616. The van der Waals surface area contributed by atoms with Crippen molar-refractivity contribution in [1.29, 1.82) is 5.26 Å². The lowest BCUT2D eigenvalue weighted by atomic mass is 10.0. The zero-order valence-corrected chi connectivity index (χ0v) is 11.6. The molecule has 0 heterocycles. The highest BCUT2D eigenvalue weighted by Gasteiger charge is 2.32. The average molecular weight is 293 g/mol. The highest BCUT2D eigenvalue weighted by Crippen LogP contribution is 2.25. The third-order valence-electron chi connectivity index (χ3n) is 3.33. The van der Waals surface area contributed by atoms with E-state index in [4.69, 9.17) is 4.74 Å². The fourth-order valence-corrected chi connectivity index (χ4v) is 1.92. The Balaban J connectivity index is 1.90. The first-order valence-corrected chi connectivity index (χ1v) is 6.69. The molecule has 0 saturated heterocycles. The Morgan fingerprint density at radius 2 is 2.33 bits per heavy atom. The Morgan fingerprint density at radius 3 is 2.86 bits per heavy atom. The van der Waals surface area contributed by atoms with Crippen LogP contribution in [-0.4, -0.2) is 23.1 Å². The predicted octanol–water partition coefficient (Wildman–Crippen LogP) is 2.54. The summed E-state index contributed by atoms with van der Waals surface area (Å²) < 4.78 is 18.9. The third kappa shape index (κ3) is 4.13. The second-order valence-electron chi connectivity index (χ2n) is 5.33. The van der Waals surface area contributed by atoms with Crippen molar-refractivity contribution in [3.05, 3.63) is 34.1 Å². The topological polar surface area (TPSA) is 88.2 Å². The normalized spacial score (nSPS) is 16.8. The first-order chi connectivity index (χ1) is 9.93. The summed E-state index contributed by atoms with van der Waals surface area (Å²) in [5.74, 6) is -0.828. The van der Waals surface area contributed by atoms with Crippen molar-refractivity contribution in [1.82, 2.24) is 5.32 Å². The molecule has 6 nitrogen and oxygen atoms in total. The van der Waals surface area contributed by atoms with Crippen LogP contribution in [0.1, 0.15) is 26.2 Å². The SMILES string of the molecule is CC(C#N)(CCOc1ccc([N+](=O)[O-])cc1F)NC1CC1. The summed E-state index contributed by atoms with van der Waals surface area (Å²) in [5.41, 5.74) is -1.03. The number of ether oxygens (including phenoxy) is 1. The maximum atomic E-state index is 13.6. The highest BCUT2D eigenvalue weighted by atomic mass is 19.1. The largest absolute Gasteiger partial charge is 0.490 e. The van der Waals surface area contributed by atoms with E-state index in [1.54, 1.807) is 6.92 Å². The number of hydrogen-bond donors (Lipinski definition) is 1. The third-order valence-corrected chi connectivity index (χ3v) is 3.33. The number of halogens is 1. The molecule has 2 rings (SSSR count). The zero-order valence-electron chi connectivity index (χ0n) is 11.6. The monoisotopic (exact) mass is 293 g/mol. The van der Waals surface area contributed by atoms with Gasteiger partial charge in [-0.15, -0.1) is 0 Å². The highest BCUT2D eigenvalue weighted by molar-refractivity contribution is 5.37. The van der Waals surface area contributed by atoms with Crippen LogP contribution in [-0.2, 0) is 0 Å². The van der Waals surface area contributed by atoms with Crippen LogP contribution >= 0.6 is 0 Å².